The van der Waals surface area contributed by atoms with Crippen molar-refractivity contribution in [3.63, 3.8) is 0 Å². The van der Waals surface area contributed by atoms with Crippen LogP contribution in [0, 0.1) is 13.8 Å². The van der Waals surface area contributed by atoms with Gasteiger partial charge in [0.25, 0.3) is 0 Å². The molecule has 0 bridgehead atoms. The van der Waals surface area contributed by atoms with Crippen molar-refractivity contribution in [2.24, 2.45) is 0 Å². The summed E-state index contributed by atoms with van der Waals surface area (Å²) in [6, 6.07) is 0. The van der Waals surface area contributed by atoms with Crippen LogP contribution in [0.1, 0.15) is 23.1 Å². The van der Waals surface area contributed by atoms with E-state index in [1.54, 1.807) is 14.2 Å². The fourth-order valence-electron chi connectivity index (χ4n) is 1.96. The molecule has 0 saturated heterocycles. The number of hydrogen-bond donors (Lipinski definition) is 0. The Morgan fingerprint density at radius 1 is 1.12 bits per heavy atom. The molecule has 94 valence electrons. The lowest BCUT2D eigenvalue weighted by atomic mass is 9.99. The monoisotopic (exact) mass is 300 g/mol. The molecule has 0 N–H and O–H groups in total. The van der Waals surface area contributed by atoms with Crippen molar-refractivity contribution in [3.8, 4) is 11.5 Å². The van der Waals surface area contributed by atoms with Gasteiger partial charge in [-0.1, -0.05) is 15.9 Å². The van der Waals surface area contributed by atoms with Crippen molar-refractivity contribution >= 4 is 22.2 Å². The number of benzene rings is 1. The van der Waals surface area contributed by atoms with Gasteiger partial charge in [0, 0.05) is 22.0 Å². The molecule has 0 aliphatic heterocycles. The van der Waals surface area contributed by atoms with E-state index >= 15 is 0 Å². The van der Waals surface area contributed by atoms with E-state index in [-0.39, 0.29) is 0 Å². The molecule has 0 amide bonds. The Hall–Kier alpha value is -1.03. The van der Waals surface area contributed by atoms with E-state index in [0.29, 0.717) is 12.8 Å². The number of carbonyl (C=O) groups is 1. The maximum absolute atomic E-state index is 10.5. The smallest absolute Gasteiger partial charge is 0.165 e. The third-order valence-electron chi connectivity index (χ3n) is 2.85. The molecule has 0 radical (unpaired) electrons. The highest BCUT2D eigenvalue weighted by atomic mass is 79.9. The van der Waals surface area contributed by atoms with Gasteiger partial charge in [-0.25, -0.2) is 0 Å². The van der Waals surface area contributed by atoms with Crippen molar-refractivity contribution in [2.75, 3.05) is 14.2 Å². The Morgan fingerprint density at radius 2 is 1.71 bits per heavy atom. The molecule has 0 aliphatic rings. The van der Waals surface area contributed by atoms with Crippen LogP contribution in [0.4, 0.5) is 0 Å². The molecule has 1 aromatic carbocycles. The Labute approximate surface area is 110 Å². The van der Waals surface area contributed by atoms with Crippen molar-refractivity contribution in [1.29, 1.82) is 0 Å². The molecule has 0 heterocycles. The minimum atomic E-state index is 0.482. The molecule has 0 aliphatic carbocycles. The first-order valence-electron chi connectivity index (χ1n) is 5.41. The number of ether oxygens (including phenoxy) is 2. The molecule has 17 heavy (non-hydrogen) atoms. The first kappa shape index (κ1) is 14.0. The number of halogens is 1. The predicted molar refractivity (Wildman–Crippen MR) is 71.1 cm³/mol. The third kappa shape index (κ3) is 2.63. The zero-order valence-electron chi connectivity index (χ0n) is 10.6. The summed E-state index contributed by atoms with van der Waals surface area (Å²) >= 11 is 3.55. The van der Waals surface area contributed by atoms with Crippen molar-refractivity contribution < 1.29 is 14.3 Å². The van der Waals surface area contributed by atoms with Crippen molar-refractivity contribution in [3.05, 3.63) is 21.2 Å². The molecule has 0 fully saturated rings. The zero-order chi connectivity index (χ0) is 13.0. The molecule has 1 aromatic rings. The molecular weight excluding hydrogens is 284 g/mol. The van der Waals surface area contributed by atoms with Crippen LogP contribution in [0.3, 0.4) is 0 Å². The lowest BCUT2D eigenvalue weighted by molar-refractivity contribution is -0.107. The minimum absolute atomic E-state index is 0.482. The van der Waals surface area contributed by atoms with Gasteiger partial charge in [0.1, 0.15) is 6.29 Å². The lowest BCUT2D eigenvalue weighted by Gasteiger charge is -2.19. The average molecular weight is 301 g/mol. The molecule has 0 atom stereocenters. The van der Waals surface area contributed by atoms with E-state index in [9.17, 15) is 4.79 Å². The van der Waals surface area contributed by atoms with Gasteiger partial charge in [-0.15, -0.1) is 0 Å². The second-order valence-electron chi connectivity index (χ2n) is 3.81. The maximum atomic E-state index is 10.5. The van der Waals surface area contributed by atoms with Crippen LogP contribution < -0.4 is 9.47 Å². The summed E-state index contributed by atoms with van der Waals surface area (Å²) in [4.78, 5) is 10.5. The number of methoxy groups -OCH3 is 2. The Bertz CT molecular complexity index is 427. The van der Waals surface area contributed by atoms with E-state index < -0.39 is 0 Å². The largest absolute Gasteiger partial charge is 0.493 e. The maximum Gasteiger partial charge on any atom is 0.165 e. The van der Waals surface area contributed by atoms with Crippen molar-refractivity contribution in [2.45, 2.75) is 26.7 Å². The summed E-state index contributed by atoms with van der Waals surface area (Å²) in [5.74, 6) is 1.46. The summed E-state index contributed by atoms with van der Waals surface area (Å²) < 4.78 is 11.8. The fraction of sp³-hybridized carbons (Fsp3) is 0.462. The van der Waals surface area contributed by atoms with Crippen LogP contribution in [0.25, 0.3) is 0 Å². The van der Waals surface area contributed by atoms with E-state index in [0.717, 1.165) is 38.9 Å². The zero-order valence-corrected chi connectivity index (χ0v) is 12.2. The summed E-state index contributed by atoms with van der Waals surface area (Å²) in [5, 5.41) is 0. The summed E-state index contributed by atoms with van der Waals surface area (Å²) in [6.45, 7) is 3.99. The first-order chi connectivity index (χ1) is 8.08. The van der Waals surface area contributed by atoms with Crippen LogP contribution >= 0.6 is 15.9 Å². The highest BCUT2D eigenvalue weighted by Crippen LogP contribution is 2.42. The molecule has 0 saturated carbocycles. The summed E-state index contributed by atoms with van der Waals surface area (Å²) in [6.07, 6.45) is 2.06. The quantitative estimate of drug-likeness (QED) is 0.783. The van der Waals surface area contributed by atoms with Gasteiger partial charge in [0.2, 0.25) is 0 Å². The molecule has 0 unspecified atom stereocenters. The van der Waals surface area contributed by atoms with Crippen LogP contribution in [0.2, 0.25) is 0 Å². The standard InChI is InChI=1S/C13H17BrO3/c1-8-10(6-5-7-15)13(17-4)12(16-3)9(2)11(8)14/h7H,5-6H2,1-4H3. The first-order valence-corrected chi connectivity index (χ1v) is 6.20. The topological polar surface area (TPSA) is 35.5 Å². The third-order valence-corrected chi connectivity index (χ3v) is 4.04. The van der Waals surface area contributed by atoms with Gasteiger partial charge in [0.05, 0.1) is 14.2 Å². The number of rotatable bonds is 5. The van der Waals surface area contributed by atoms with E-state index in [1.165, 1.54) is 0 Å². The van der Waals surface area contributed by atoms with Gasteiger partial charge in [0.15, 0.2) is 11.5 Å². The molecule has 4 heteroatoms. The number of carbonyl (C=O) groups excluding carboxylic acids is 1. The number of aldehydes is 1. The second-order valence-corrected chi connectivity index (χ2v) is 4.61. The Balaban J connectivity index is 3.44. The molecule has 0 spiro atoms. The normalized spacial score (nSPS) is 10.2. The Kier molecular flexibility index (Phi) is 5.00. The van der Waals surface area contributed by atoms with E-state index in [2.05, 4.69) is 15.9 Å². The minimum Gasteiger partial charge on any atom is -0.493 e. The molecule has 3 nitrogen and oxygen atoms in total. The van der Waals surface area contributed by atoms with Gasteiger partial charge in [-0.3, -0.25) is 0 Å². The van der Waals surface area contributed by atoms with Crippen LogP contribution in [-0.4, -0.2) is 20.5 Å². The van der Waals surface area contributed by atoms with Gasteiger partial charge in [-0.05, 0) is 25.8 Å². The van der Waals surface area contributed by atoms with E-state index in [4.69, 9.17) is 9.47 Å². The SMILES string of the molecule is COc1c(C)c(Br)c(C)c(CCC=O)c1OC. The Morgan fingerprint density at radius 3 is 2.18 bits per heavy atom. The van der Waals surface area contributed by atoms with Gasteiger partial charge < -0.3 is 14.3 Å². The molecular formula is C13H17BrO3. The van der Waals surface area contributed by atoms with Gasteiger partial charge >= 0.3 is 0 Å². The van der Waals surface area contributed by atoms with E-state index in [1.807, 2.05) is 13.8 Å². The molecule has 1 rings (SSSR count). The van der Waals surface area contributed by atoms with Gasteiger partial charge in [-0.2, -0.15) is 0 Å². The number of hydrogen-bond acceptors (Lipinski definition) is 3. The summed E-state index contributed by atoms with van der Waals surface area (Å²) in [5.41, 5.74) is 3.13. The fourth-order valence-corrected chi connectivity index (χ4v) is 2.38. The van der Waals surface area contributed by atoms with Crippen LogP contribution in [0.5, 0.6) is 11.5 Å². The highest BCUT2D eigenvalue weighted by molar-refractivity contribution is 9.10. The second kappa shape index (κ2) is 6.05. The lowest BCUT2D eigenvalue weighted by Crippen LogP contribution is -2.03. The van der Waals surface area contributed by atoms with Crippen LogP contribution in [-0.2, 0) is 11.2 Å². The van der Waals surface area contributed by atoms with Crippen molar-refractivity contribution in [1.82, 2.24) is 0 Å². The van der Waals surface area contributed by atoms with Crippen LogP contribution in [0.15, 0.2) is 4.47 Å². The highest BCUT2D eigenvalue weighted by Gasteiger charge is 2.19. The average Bonchev–Trinajstić information content (AvgIpc) is 2.34. The predicted octanol–water partition coefficient (Wildman–Crippen LogP) is 3.21. The molecule has 0 aromatic heterocycles. The summed E-state index contributed by atoms with van der Waals surface area (Å²) in [7, 11) is 3.24.